The number of nitrogens with zero attached hydrogens (tertiary/aromatic N) is 3. The van der Waals surface area contributed by atoms with Gasteiger partial charge in [0.05, 0.1) is 17.3 Å². The van der Waals surface area contributed by atoms with Crippen LogP contribution in [-0.4, -0.2) is 26.4 Å². The minimum atomic E-state index is -1.20. The SMILES string of the molecule is C=CCn1nc(C)c(C(=O)c2ccc(Cl)cc2Cl)c1OC(=O)n1oc(C)c(Cl)c1=O. The van der Waals surface area contributed by atoms with Gasteiger partial charge in [-0.15, -0.1) is 6.58 Å². The van der Waals surface area contributed by atoms with E-state index < -0.39 is 17.4 Å². The van der Waals surface area contributed by atoms with Crippen molar-refractivity contribution >= 4 is 46.7 Å². The number of rotatable bonds is 5. The highest BCUT2D eigenvalue weighted by Crippen LogP contribution is 2.30. The average Bonchev–Trinajstić information content (AvgIpc) is 3.12. The molecule has 0 unspecified atom stereocenters. The maximum absolute atomic E-state index is 13.2. The van der Waals surface area contributed by atoms with Gasteiger partial charge in [0.1, 0.15) is 10.6 Å². The number of halogens is 3. The summed E-state index contributed by atoms with van der Waals surface area (Å²) in [6.45, 7) is 6.72. The molecule has 0 amide bonds. The van der Waals surface area contributed by atoms with E-state index in [-0.39, 0.29) is 45.1 Å². The first kappa shape index (κ1) is 21.9. The van der Waals surface area contributed by atoms with Crippen LogP contribution in [0.25, 0.3) is 0 Å². The number of hydrogen-bond donors (Lipinski definition) is 0. The first-order chi connectivity index (χ1) is 14.1. The summed E-state index contributed by atoms with van der Waals surface area (Å²) >= 11 is 17.8. The Labute approximate surface area is 185 Å². The molecule has 0 radical (unpaired) electrons. The van der Waals surface area contributed by atoms with Gasteiger partial charge in [0, 0.05) is 10.6 Å². The standard InChI is InChI=1S/C19H14Cl3N3O5/c1-4-7-24-18(29-19(28)25-17(27)15(22)10(3)30-25)14(9(2)23-24)16(26)12-6-5-11(20)8-13(12)21/h4-6,8H,1,7H2,2-3H3. The van der Waals surface area contributed by atoms with Crippen LogP contribution >= 0.6 is 34.8 Å². The van der Waals surface area contributed by atoms with Crippen molar-refractivity contribution in [3.8, 4) is 5.88 Å². The summed E-state index contributed by atoms with van der Waals surface area (Å²) in [5.41, 5.74) is -0.499. The summed E-state index contributed by atoms with van der Waals surface area (Å²) in [6.07, 6.45) is 0.296. The number of aromatic nitrogens is 3. The smallest absolute Gasteiger partial charge is 0.388 e. The molecule has 3 rings (SSSR count). The Balaban J connectivity index is 2.10. The maximum Gasteiger partial charge on any atom is 0.458 e. The maximum atomic E-state index is 13.2. The van der Waals surface area contributed by atoms with Crippen molar-refractivity contribution in [2.24, 2.45) is 0 Å². The normalized spacial score (nSPS) is 10.8. The van der Waals surface area contributed by atoms with E-state index in [2.05, 4.69) is 11.7 Å². The third kappa shape index (κ3) is 3.94. The van der Waals surface area contributed by atoms with Gasteiger partial charge in [0.25, 0.3) is 0 Å². The van der Waals surface area contributed by atoms with Crippen molar-refractivity contribution < 1.29 is 18.8 Å². The molecule has 156 valence electrons. The fourth-order valence-electron chi connectivity index (χ4n) is 2.68. The summed E-state index contributed by atoms with van der Waals surface area (Å²) in [5, 5.41) is 4.43. The fraction of sp³-hybridized carbons (Fsp3) is 0.158. The Hall–Kier alpha value is -2.81. The molecular weight excluding hydrogens is 457 g/mol. The lowest BCUT2D eigenvalue weighted by Gasteiger charge is -2.09. The van der Waals surface area contributed by atoms with Crippen molar-refractivity contribution in [1.82, 2.24) is 14.5 Å². The van der Waals surface area contributed by atoms with Gasteiger partial charge in [-0.2, -0.15) is 5.10 Å². The van der Waals surface area contributed by atoms with Crippen LogP contribution in [0, 0.1) is 13.8 Å². The molecule has 0 atom stereocenters. The topological polar surface area (TPSA) is 96.3 Å². The zero-order valence-electron chi connectivity index (χ0n) is 15.7. The van der Waals surface area contributed by atoms with Gasteiger partial charge in [-0.25, -0.2) is 9.48 Å². The highest BCUT2D eigenvalue weighted by molar-refractivity contribution is 6.37. The molecule has 8 nitrogen and oxygen atoms in total. The second-order valence-corrected chi connectivity index (χ2v) is 7.34. The average molecular weight is 471 g/mol. The number of allylic oxidation sites excluding steroid dienone is 1. The lowest BCUT2D eigenvalue weighted by atomic mass is 10.0. The molecule has 11 heteroatoms. The Morgan fingerprint density at radius 1 is 1.27 bits per heavy atom. The van der Waals surface area contributed by atoms with Gasteiger partial charge < -0.3 is 9.26 Å². The molecule has 0 fully saturated rings. The van der Waals surface area contributed by atoms with Crippen molar-refractivity contribution in [3.05, 3.63) is 78.9 Å². The van der Waals surface area contributed by atoms with Crippen LogP contribution in [-0.2, 0) is 6.54 Å². The fourth-order valence-corrected chi connectivity index (χ4v) is 3.29. The largest absolute Gasteiger partial charge is 0.458 e. The van der Waals surface area contributed by atoms with Gasteiger partial charge >= 0.3 is 11.7 Å². The summed E-state index contributed by atoms with van der Waals surface area (Å²) in [7, 11) is 0. The molecule has 0 aliphatic heterocycles. The van der Waals surface area contributed by atoms with E-state index >= 15 is 0 Å². The molecule has 0 saturated heterocycles. The third-order valence-electron chi connectivity index (χ3n) is 4.05. The first-order valence-electron chi connectivity index (χ1n) is 8.44. The lowest BCUT2D eigenvalue weighted by Crippen LogP contribution is -2.27. The summed E-state index contributed by atoms with van der Waals surface area (Å²) in [6, 6.07) is 4.37. The predicted octanol–water partition coefficient (Wildman–Crippen LogP) is 4.68. The Kier molecular flexibility index (Phi) is 6.21. The van der Waals surface area contributed by atoms with Crippen LogP contribution in [0.3, 0.4) is 0 Å². The molecule has 0 aliphatic carbocycles. The molecule has 0 saturated carbocycles. The minimum Gasteiger partial charge on any atom is -0.388 e. The molecule has 0 N–H and O–H groups in total. The second kappa shape index (κ2) is 8.51. The van der Waals surface area contributed by atoms with E-state index in [4.69, 9.17) is 44.1 Å². The highest BCUT2D eigenvalue weighted by Gasteiger charge is 2.29. The van der Waals surface area contributed by atoms with E-state index in [1.165, 1.54) is 35.9 Å². The monoisotopic (exact) mass is 469 g/mol. The van der Waals surface area contributed by atoms with Crippen molar-refractivity contribution in [1.29, 1.82) is 0 Å². The van der Waals surface area contributed by atoms with Gasteiger partial charge in [0.2, 0.25) is 11.7 Å². The molecule has 2 heterocycles. The zero-order chi connectivity index (χ0) is 22.2. The third-order valence-corrected chi connectivity index (χ3v) is 5.02. The van der Waals surface area contributed by atoms with E-state index in [9.17, 15) is 14.4 Å². The number of benzene rings is 1. The van der Waals surface area contributed by atoms with E-state index in [1.807, 2.05) is 0 Å². The number of carbonyl (C=O) groups is 2. The minimum absolute atomic E-state index is 0.0168. The van der Waals surface area contributed by atoms with Crippen molar-refractivity contribution in [3.63, 3.8) is 0 Å². The summed E-state index contributed by atoms with van der Waals surface area (Å²) in [5.74, 6) is -0.711. The molecule has 3 aromatic rings. The Bertz CT molecular complexity index is 1240. The number of aryl methyl sites for hydroxylation is 2. The lowest BCUT2D eigenvalue weighted by molar-refractivity contribution is 0.103. The van der Waals surface area contributed by atoms with Crippen LogP contribution in [0.5, 0.6) is 5.88 Å². The van der Waals surface area contributed by atoms with Crippen LogP contribution < -0.4 is 10.3 Å². The van der Waals surface area contributed by atoms with Crippen molar-refractivity contribution in [2.75, 3.05) is 0 Å². The van der Waals surface area contributed by atoms with Crippen LogP contribution in [0.2, 0.25) is 15.1 Å². The Morgan fingerprint density at radius 3 is 2.53 bits per heavy atom. The molecule has 2 aromatic heterocycles. The van der Waals surface area contributed by atoms with E-state index in [1.54, 1.807) is 6.92 Å². The zero-order valence-corrected chi connectivity index (χ0v) is 18.0. The molecule has 30 heavy (non-hydrogen) atoms. The molecular formula is C19H14Cl3N3O5. The quantitative estimate of drug-likeness (QED) is 0.397. The van der Waals surface area contributed by atoms with Crippen LogP contribution in [0.4, 0.5) is 4.79 Å². The highest BCUT2D eigenvalue weighted by atomic mass is 35.5. The van der Waals surface area contributed by atoms with E-state index in [0.717, 1.165) is 0 Å². The molecule has 0 spiro atoms. The Morgan fingerprint density at radius 2 is 1.97 bits per heavy atom. The van der Waals surface area contributed by atoms with Crippen molar-refractivity contribution in [2.45, 2.75) is 20.4 Å². The number of carbonyl (C=O) groups excluding carboxylic acids is 2. The van der Waals surface area contributed by atoms with Crippen LogP contribution in [0.15, 0.2) is 40.2 Å². The predicted molar refractivity (Wildman–Crippen MR) is 111 cm³/mol. The second-order valence-electron chi connectivity index (χ2n) is 6.12. The van der Waals surface area contributed by atoms with Crippen LogP contribution in [0.1, 0.15) is 27.4 Å². The number of ketones is 1. The van der Waals surface area contributed by atoms with Gasteiger partial charge in [-0.1, -0.05) is 45.6 Å². The van der Waals surface area contributed by atoms with E-state index in [0.29, 0.717) is 9.76 Å². The summed E-state index contributed by atoms with van der Waals surface area (Å²) in [4.78, 5) is 37.8. The number of hydrogen-bond acceptors (Lipinski definition) is 6. The summed E-state index contributed by atoms with van der Waals surface area (Å²) < 4.78 is 12.0. The van der Waals surface area contributed by atoms with Gasteiger partial charge in [0.15, 0.2) is 5.76 Å². The molecule has 1 aromatic carbocycles. The molecule has 0 aliphatic rings. The van der Waals surface area contributed by atoms with Gasteiger partial charge in [-0.3, -0.25) is 9.59 Å². The molecule has 0 bridgehead atoms. The number of ether oxygens (including phenoxy) is 1. The van der Waals surface area contributed by atoms with Gasteiger partial charge in [-0.05, 0) is 32.0 Å². The first-order valence-corrected chi connectivity index (χ1v) is 9.57.